The molecule has 2 aromatic heterocycles. The highest BCUT2D eigenvalue weighted by atomic mass is 35.5. The van der Waals surface area contributed by atoms with E-state index in [0.29, 0.717) is 22.7 Å². The molecule has 6 heteroatoms. The van der Waals surface area contributed by atoms with Crippen LogP contribution in [0.25, 0.3) is 11.2 Å². The van der Waals surface area contributed by atoms with Crippen LogP contribution in [0, 0.1) is 0 Å². The van der Waals surface area contributed by atoms with Crippen molar-refractivity contribution in [2.75, 3.05) is 0 Å². The fourth-order valence-electron chi connectivity index (χ4n) is 1.82. The average molecular weight is 261 g/mol. The van der Waals surface area contributed by atoms with E-state index < -0.39 is 0 Å². The van der Waals surface area contributed by atoms with E-state index >= 15 is 0 Å². The second kappa shape index (κ2) is 4.27. The summed E-state index contributed by atoms with van der Waals surface area (Å²) in [6.45, 7) is 0.534. The summed E-state index contributed by atoms with van der Waals surface area (Å²) in [5, 5.41) is 0.684. The molecule has 0 radical (unpaired) electrons. The lowest BCUT2D eigenvalue weighted by Crippen LogP contribution is -2.07. The Morgan fingerprint density at radius 2 is 2.11 bits per heavy atom. The molecule has 0 fully saturated rings. The van der Waals surface area contributed by atoms with Crippen molar-refractivity contribution in [2.45, 2.75) is 6.54 Å². The highest BCUT2D eigenvalue weighted by molar-refractivity contribution is 6.31. The van der Waals surface area contributed by atoms with Gasteiger partial charge in [0.05, 0.1) is 19.2 Å². The summed E-state index contributed by atoms with van der Waals surface area (Å²) in [5.41, 5.74) is 1.61. The van der Waals surface area contributed by atoms with Gasteiger partial charge >= 0.3 is 0 Å². The van der Waals surface area contributed by atoms with Gasteiger partial charge in [-0.3, -0.25) is 4.79 Å². The minimum atomic E-state index is -0.238. The molecule has 0 atom stereocenters. The SMILES string of the molecule is O=c1[nH]cnc2c1ncn2Cc1ccccc1Cl. The number of hydrogen-bond donors (Lipinski definition) is 1. The van der Waals surface area contributed by atoms with Crippen LogP contribution in [-0.4, -0.2) is 19.5 Å². The zero-order valence-electron chi connectivity index (χ0n) is 9.30. The number of nitrogens with one attached hydrogen (secondary N) is 1. The molecule has 3 aromatic rings. The second-order valence-electron chi connectivity index (χ2n) is 3.87. The zero-order valence-corrected chi connectivity index (χ0v) is 10.1. The summed E-state index contributed by atoms with van der Waals surface area (Å²) in [5.74, 6) is 0. The maximum atomic E-state index is 11.5. The van der Waals surface area contributed by atoms with Crippen molar-refractivity contribution in [3.63, 3.8) is 0 Å². The summed E-state index contributed by atoms with van der Waals surface area (Å²) in [7, 11) is 0. The van der Waals surface area contributed by atoms with Crippen molar-refractivity contribution in [1.82, 2.24) is 19.5 Å². The molecule has 1 N–H and O–H groups in total. The van der Waals surface area contributed by atoms with Crippen LogP contribution in [0.3, 0.4) is 0 Å². The molecule has 0 saturated heterocycles. The summed E-state index contributed by atoms with van der Waals surface area (Å²) in [4.78, 5) is 22.2. The van der Waals surface area contributed by atoms with Gasteiger partial charge in [-0.2, -0.15) is 0 Å². The third-order valence-corrected chi connectivity index (χ3v) is 3.07. The Hall–Kier alpha value is -2.14. The average Bonchev–Trinajstić information content (AvgIpc) is 2.77. The standard InChI is InChI=1S/C12H9ClN4O/c13-9-4-2-1-3-8(9)5-17-7-16-10-11(17)14-6-15-12(10)18/h1-4,6-7H,5H2,(H,14,15,18). The van der Waals surface area contributed by atoms with Crippen LogP contribution < -0.4 is 5.56 Å². The predicted octanol–water partition coefficient (Wildman–Crippen LogP) is 1.82. The molecule has 0 saturated carbocycles. The third-order valence-electron chi connectivity index (χ3n) is 2.71. The van der Waals surface area contributed by atoms with Crippen LogP contribution in [0.2, 0.25) is 5.02 Å². The van der Waals surface area contributed by atoms with Gasteiger partial charge in [-0.1, -0.05) is 29.8 Å². The van der Waals surface area contributed by atoms with E-state index in [0.717, 1.165) is 5.56 Å². The third kappa shape index (κ3) is 1.78. The fourth-order valence-corrected chi connectivity index (χ4v) is 2.01. The Balaban J connectivity index is 2.09. The van der Waals surface area contributed by atoms with Gasteiger partial charge in [-0.25, -0.2) is 9.97 Å². The van der Waals surface area contributed by atoms with Gasteiger partial charge < -0.3 is 9.55 Å². The highest BCUT2D eigenvalue weighted by Gasteiger charge is 2.08. The molecule has 0 aliphatic carbocycles. The maximum absolute atomic E-state index is 11.5. The van der Waals surface area contributed by atoms with Gasteiger partial charge in [0.25, 0.3) is 5.56 Å². The number of aromatic amines is 1. The monoisotopic (exact) mass is 260 g/mol. The molecule has 0 bridgehead atoms. The molecule has 0 aliphatic heterocycles. The minimum absolute atomic E-state index is 0.238. The molecule has 0 spiro atoms. The lowest BCUT2D eigenvalue weighted by atomic mass is 10.2. The highest BCUT2D eigenvalue weighted by Crippen LogP contribution is 2.17. The molecule has 2 heterocycles. The first-order valence-corrected chi connectivity index (χ1v) is 5.75. The largest absolute Gasteiger partial charge is 0.311 e. The van der Waals surface area contributed by atoms with Gasteiger partial charge in [0.15, 0.2) is 11.2 Å². The molecule has 0 unspecified atom stereocenters. The number of nitrogens with zero attached hydrogens (tertiary/aromatic N) is 3. The molecular formula is C12H9ClN4O. The van der Waals surface area contributed by atoms with E-state index in [1.54, 1.807) is 10.9 Å². The predicted molar refractivity (Wildman–Crippen MR) is 68.7 cm³/mol. The molecule has 3 rings (SSSR count). The Labute approximate surface area is 107 Å². The topological polar surface area (TPSA) is 63.6 Å². The van der Waals surface area contributed by atoms with Crippen molar-refractivity contribution in [2.24, 2.45) is 0 Å². The Kier molecular flexibility index (Phi) is 2.60. The Morgan fingerprint density at radius 1 is 1.28 bits per heavy atom. The normalized spacial score (nSPS) is 10.9. The van der Waals surface area contributed by atoms with Crippen LogP contribution >= 0.6 is 11.6 Å². The number of rotatable bonds is 2. The van der Waals surface area contributed by atoms with E-state index in [9.17, 15) is 4.79 Å². The van der Waals surface area contributed by atoms with E-state index in [1.807, 2.05) is 24.3 Å². The molecule has 90 valence electrons. The second-order valence-corrected chi connectivity index (χ2v) is 4.27. The van der Waals surface area contributed by atoms with Crippen molar-refractivity contribution >= 4 is 22.8 Å². The lowest BCUT2D eigenvalue weighted by molar-refractivity contribution is 0.813. The summed E-state index contributed by atoms with van der Waals surface area (Å²) >= 11 is 6.10. The number of imidazole rings is 1. The van der Waals surface area contributed by atoms with Gasteiger partial charge in [0.1, 0.15) is 0 Å². The number of hydrogen-bond acceptors (Lipinski definition) is 3. The van der Waals surface area contributed by atoms with Crippen molar-refractivity contribution < 1.29 is 0 Å². The maximum Gasteiger partial charge on any atom is 0.278 e. The minimum Gasteiger partial charge on any atom is -0.311 e. The van der Waals surface area contributed by atoms with Gasteiger partial charge in [0.2, 0.25) is 0 Å². The number of H-pyrrole nitrogens is 1. The first-order valence-electron chi connectivity index (χ1n) is 5.37. The summed E-state index contributed by atoms with van der Waals surface area (Å²) in [6, 6.07) is 7.55. The first kappa shape index (κ1) is 11.0. The van der Waals surface area contributed by atoms with E-state index in [1.165, 1.54) is 6.33 Å². The fraction of sp³-hybridized carbons (Fsp3) is 0.0833. The molecule has 0 amide bonds. The molecule has 1 aromatic carbocycles. The molecule has 0 aliphatic rings. The first-order chi connectivity index (χ1) is 8.75. The quantitative estimate of drug-likeness (QED) is 0.764. The number of halogens is 1. The molecule has 18 heavy (non-hydrogen) atoms. The Bertz CT molecular complexity index is 762. The van der Waals surface area contributed by atoms with Gasteiger partial charge in [-0.15, -0.1) is 0 Å². The van der Waals surface area contributed by atoms with Gasteiger partial charge in [-0.05, 0) is 11.6 Å². The summed E-state index contributed by atoms with van der Waals surface area (Å²) < 4.78 is 1.80. The number of aromatic nitrogens is 4. The van der Waals surface area contributed by atoms with E-state index in [4.69, 9.17) is 11.6 Å². The van der Waals surface area contributed by atoms with Crippen molar-refractivity contribution in [3.05, 3.63) is 57.9 Å². The van der Waals surface area contributed by atoms with Crippen LogP contribution in [0.4, 0.5) is 0 Å². The van der Waals surface area contributed by atoms with Crippen LogP contribution in [0.5, 0.6) is 0 Å². The number of fused-ring (bicyclic) bond motifs is 1. The Morgan fingerprint density at radius 3 is 2.94 bits per heavy atom. The van der Waals surface area contributed by atoms with Crippen LogP contribution in [-0.2, 0) is 6.54 Å². The van der Waals surface area contributed by atoms with Crippen LogP contribution in [0.15, 0.2) is 41.7 Å². The van der Waals surface area contributed by atoms with Crippen molar-refractivity contribution in [3.8, 4) is 0 Å². The van der Waals surface area contributed by atoms with Gasteiger partial charge in [0, 0.05) is 5.02 Å². The molecular weight excluding hydrogens is 252 g/mol. The smallest absolute Gasteiger partial charge is 0.278 e. The van der Waals surface area contributed by atoms with E-state index in [2.05, 4.69) is 15.0 Å². The summed E-state index contributed by atoms with van der Waals surface area (Å²) in [6.07, 6.45) is 2.96. The van der Waals surface area contributed by atoms with E-state index in [-0.39, 0.29) is 5.56 Å². The van der Waals surface area contributed by atoms with Crippen LogP contribution in [0.1, 0.15) is 5.56 Å². The van der Waals surface area contributed by atoms with Crippen molar-refractivity contribution in [1.29, 1.82) is 0 Å². The lowest BCUT2D eigenvalue weighted by Gasteiger charge is -2.05. The zero-order chi connectivity index (χ0) is 12.5. The molecule has 5 nitrogen and oxygen atoms in total. The number of benzene rings is 1.